The summed E-state index contributed by atoms with van der Waals surface area (Å²) in [4.78, 5) is 28.8. The van der Waals surface area contributed by atoms with E-state index < -0.39 is 0 Å². The first-order chi connectivity index (χ1) is 12.0. The lowest BCUT2D eigenvalue weighted by Gasteiger charge is -2.36. The molecule has 1 aliphatic heterocycles. The van der Waals surface area contributed by atoms with Crippen molar-refractivity contribution in [1.29, 1.82) is 0 Å². The van der Waals surface area contributed by atoms with Crippen LogP contribution < -0.4 is 0 Å². The number of aromatic nitrogens is 2. The molecule has 0 aromatic carbocycles. The van der Waals surface area contributed by atoms with E-state index in [1.165, 1.54) is 32.1 Å². The van der Waals surface area contributed by atoms with Crippen LogP contribution in [0.15, 0.2) is 6.07 Å². The Morgan fingerprint density at radius 1 is 1.32 bits per heavy atom. The summed E-state index contributed by atoms with van der Waals surface area (Å²) >= 11 is 0. The first-order valence-electron chi connectivity index (χ1n) is 9.56. The minimum Gasteiger partial charge on any atom is -0.342 e. The predicted molar refractivity (Wildman–Crippen MR) is 95.7 cm³/mol. The quantitative estimate of drug-likeness (QED) is 0.890. The highest BCUT2D eigenvalue weighted by molar-refractivity contribution is 5.83. The zero-order valence-corrected chi connectivity index (χ0v) is 15.5. The van der Waals surface area contributed by atoms with Gasteiger partial charge in [-0.15, -0.1) is 0 Å². The molecule has 1 saturated carbocycles. The van der Waals surface area contributed by atoms with E-state index in [-0.39, 0.29) is 17.7 Å². The van der Waals surface area contributed by atoms with Crippen molar-refractivity contribution in [2.45, 2.75) is 58.4 Å². The molecule has 0 spiro atoms. The summed E-state index contributed by atoms with van der Waals surface area (Å²) in [6, 6.07) is 1.96. The molecule has 6 heteroatoms. The van der Waals surface area contributed by atoms with Crippen LogP contribution in [0.4, 0.5) is 0 Å². The number of hydrogen-bond donors (Lipinski definition) is 1. The number of hydrogen-bond acceptors (Lipinski definition) is 3. The number of nitrogens with one attached hydrogen (secondary N) is 1. The Kier molecular flexibility index (Phi) is 5.76. The van der Waals surface area contributed by atoms with E-state index in [0.717, 1.165) is 17.9 Å². The van der Waals surface area contributed by atoms with Gasteiger partial charge in [0.25, 0.3) is 0 Å². The van der Waals surface area contributed by atoms with E-state index in [1.807, 2.05) is 24.9 Å². The number of carbonyl (C=O) groups excluding carboxylic acids is 2. The van der Waals surface area contributed by atoms with E-state index in [1.54, 1.807) is 4.90 Å². The lowest BCUT2D eigenvalue weighted by molar-refractivity contribution is -0.143. The molecule has 1 N–H and O–H groups in total. The van der Waals surface area contributed by atoms with Crippen molar-refractivity contribution >= 4 is 11.8 Å². The largest absolute Gasteiger partial charge is 0.342 e. The molecular weight excluding hydrogens is 316 g/mol. The minimum atomic E-state index is -0.0775. The van der Waals surface area contributed by atoms with Gasteiger partial charge in [0.2, 0.25) is 11.8 Å². The van der Waals surface area contributed by atoms with Crippen molar-refractivity contribution < 1.29 is 9.59 Å². The molecule has 1 aromatic heterocycles. The van der Waals surface area contributed by atoms with Crippen LogP contribution >= 0.6 is 0 Å². The van der Waals surface area contributed by atoms with Crippen molar-refractivity contribution in [3.05, 3.63) is 17.5 Å². The van der Waals surface area contributed by atoms with Crippen LogP contribution in [0.2, 0.25) is 0 Å². The fourth-order valence-electron chi connectivity index (χ4n) is 4.16. The maximum atomic E-state index is 12.8. The van der Waals surface area contributed by atoms with E-state index in [9.17, 15) is 9.59 Å². The Morgan fingerprint density at radius 2 is 2.08 bits per heavy atom. The van der Waals surface area contributed by atoms with Crippen LogP contribution in [0.3, 0.4) is 0 Å². The van der Waals surface area contributed by atoms with E-state index in [0.29, 0.717) is 31.8 Å². The molecule has 2 aliphatic rings. The van der Waals surface area contributed by atoms with Crippen LogP contribution in [-0.2, 0) is 16.1 Å². The number of aryl methyl sites for hydroxylation is 1. The van der Waals surface area contributed by atoms with Gasteiger partial charge in [-0.25, -0.2) is 0 Å². The van der Waals surface area contributed by atoms with Gasteiger partial charge in [0.15, 0.2) is 0 Å². The molecule has 2 fully saturated rings. The molecule has 2 heterocycles. The zero-order chi connectivity index (χ0) is 17.8. The third-order valence-corrected chi connectivity index (χ3v) is 5.59. The third-order valence-electron chi connectivity index (χ3n) is 5.59. The van der Waals surface area contributed by atoms with Crippen LogP contribution in [0.1, 0.15) is 56.3 Å². The van der Waals surface area contributed by atoms with Gasteiger partial charge in [-0.05, 0) is 38.2 Å². The molecule has 1 aliphatic carbocycles. The molecule has 1 aromatic rings. The highest BCUT2D eigenvalue weighted by Gasteiger charge is 2.33. The number of aromatic amines is 1. The summed E-state index contributed by atoms with van der Waals surface area (Å²) in [5.74, 6) is 0.893. The number of rotatable bonds is 5. The number of nitrogens with zero attached hydrogens (tertiary/aromatic N) is 3. The van der Waals surface area contributed by atoms with E-state index in [4.69, 9.17) is 0 Å². The Hall–Kier alpha value is -1.85. The second-order valence-electron chi connectivity index (χ2n) is 7.77. The lowest BCUT2D eigenvalue weighted by atomic mass is 9.87. The highest BCUT2D eigenvalue weighted by Crippen LogP contribution is 2.27. The number of likely N-dealkylation sites (tertiary alicyclic amines) is 1. The molecule has 1 saturated heterocycles. The molecule has 6 nitrogen and oxygen atoms in total. The van der Waals surface area contributed by atoms with E-state index in [2.05, 4.69) is 10.2 Å². The fraction of sp³-hybridized carbons (Fsp3) is 0.737. The molecule has 2 amide bonds. The summed E-state index contributed by atoms with van der Waals surface area (Å²) in [7, 11) is 1.83. The van der Waals surface area contributed by atoms with Crippen LogP contribution in [0, 0.1) is 18.8 Å². The normalized spacial score (nSPS) is 22.2. The van der Waals surface area contributed by atoms with Crippen LogP contribution in [-0.4, -0.2) is 51.9 Å². The summed E-state index contributed by atoms with van der Waals surface area (Å²) in [5, 5.41) is 7.11. The molecule has 138 valence electrons. The number of piperidine rings is 1. The summed E-state index contributed by atoms with van der Waals surface area (Å²) < 4.78 is 0. The van der Waals surface area contributed by atoms with Crippen molar-refractivity contribution in [2.75, 3.05) is 20.1 Å². The number of carbonyl (C=O) groups is 2. The van der Waals surface area contributed by atoms with Crippen LogP contribution in [0.25, 0.3) is 0 Å². The summed E-state index contributed by atoms with van der Waals surface area (Å²) in [6.45, 7) is 3.88. The van der Waals surface area contributed by atoms with Gasteiger partial charge < -0.3 is 9.80 Å². The Labute approximate surface area is 149 Å². The number of amides is 2. The first-order valence-corrected chi connectivity index (χ1v) is 9.56. The van der Waals surface area contributed by atoms with Gasteiger partial charge in [-0.1, -0.05) is 19.3 Å². The maximum absolute atomic E-state index is 12.8. The fourth-order valence-corrected chi connectivity index (χ4v) is 4.16. The van der Waals surface area contributed by atoms with Crippen molar-refractivity contribution in [3.8, 4) is 0 Å². The van der Waals surface area contributed by atoms with Crippen molar-refractivity contribution in [1.82, 2.24) is 20.0 Å². The topological polar surface area (TPSA) is 69.3 Å². The Bertz CT molecular complexity index is 606. The molecule has 1 atom stereocenters. The average Bonchev–Trinajstić information content (AvgIpc) is 3.02. The Morgan fingerprint density at radius 3 is 2.76 bits per heavy atom. The summed E-state index contributed by atoms with van der Waals surface area (Å²) in [5.41, 5.74) is 1.87. The van der Waals surface area contributed by atoms with Gasteiger partial charge >= 0.3 is 0 Å². The molecule has 0 radical (unpaired) electrons. The Balaban J connectivity index is 1.55. The highest BCUT2D eigenvalue weighted by atomic mass is 16.2. The summed E-state index contributed by atoms with van der Waals surface area (Å²) in [6.07, 6.45) is 7.49. The smallest absolute Gasteiger partial charge is 0.227 e. The average molecular weight is 346 g/mol. The van der Waals surface area contributed by atoms with Gasteiger partial charge in [-0.3, -0.25) is 14.7 Å². The van der Waals surface area contributed by atoms with Gasteiger partial charge in [0, 0.05) is 32.3 Å². The standard InChI is InChI=1S/C19H30N4O2/c1-14-10-17(21-20-14)13-22(2)19(25)16-8-9-18(24)23(12-16)11-15-6-4-3-5-7-15/h10,15-16H,3-9,11-13H2,1-2H3,(H,20,21)/t16-/m0/s1. The SMILES string of the molecule is Cc1cc(CN(C)C(=O)[C@H]2CCC(=O)N(CC3CCCCC3)C2)n[nH]1. The molecular formula is C19H30N4O2. The minimum absolute atomic E-state index is 0.0775. The molecule has 25 heavy (non-hydrogen) atoms. The lowest BCUT2D eigenvalue weighted by Crippen LogP contribution is -2.47. The molecule has 3 rings (SSSR count). The first kappa shape index (κ1) is 18.0. The second-order valence-corrected chi connectivity index (χ2v) is 7.77. The third kappa shape index (κ3) is 4.61. The van der Waals surface area contributed by atoms with Gasteiger partial charge in [0.1, 0.15) is 0 Å². The number of H-pyrrole nitrogens is 1. The monoisotopic (exact) mass is 346 g/mol. The van der Waals surface area contributed by atoms with Crippen molar-refractivity contribution in [2.24, 2.45) is 11.8 Å². The van der Waals surface area contributed by atoms with Gasteiger partial charge in [-0.2, -0.15) is 5.10 Å². The van der Waals surface area contributed by atoms with E-state index >= 15 is 0 Å². The molecule has 0 bridgehead atoms. The zero-order valence-electron chi connectivity index (χ0n) is 15.5. The van der Waals surface area contributed by atoms with Crippen molar-refractivity contribution in [3.63, 3.8) is 0 Å². The second kappa shape index (κ2) is 8.02. The molecule has 0 unspecified atom stereocenters. The predicted octanol–water partition coefficient (Wildman–Crippen LogP) is 2.50. The van der Waals surface area contributed by atoms with Gasteiger partial charge in [0.05, 0.1) is 18.2 Å². The van der Waals surface area contributed by atoms with Crippen LogP contribution in [0.5, 0.6) is 0 Å². The maximum Gasteiger partial charge on any atom is 0.227 e.